The van der Waals surface area contributed by atoms with Gasteiger partial charge in [-0.2, -0.15) is 0 Å². The highest BCUT2D eigenvalue weighted by Gasteiger charge is 2.22. The van der Waals surface area contributed by atoms with E-state index in [1.54, 1.807) is 31.2 Å². The minimum Gasteiger partial charge on any atom is -0.490 e. The summed E-state index contributed by atoms with van der Waals surface area (Å²) in [5.41, 5.74) is 3.31. The third kappa shape index (κ3) is 4.24. The van der Waals surface area contributed by atoms with Crippen molar-refractivity contribution in [2.45, 2.75) is 18.4 Å². The van der Waals surface area contributed by atoms with Crippen molar-refractivity contribution >= 4 is 44.2 Å². The van der Waals surface area contributed by atoms with Crippen LogP contribution in [0, 0.1) is 6.92 Å². The maximum atomic E-state index is 13.2. The van der Waals surface area contributed by atoms with Crippen molar-refractivity contribution in [3.8, 4) is 11.5 Å². The molecule has 34 heavy (non-hydrogen) atoms. The molecule has 3 heterocycles. The third-order valence-electron chi connectivity index (χ3n) is 5.65. The van der Waals surface area contributed by atoms with E-state index in [1.807, 2.05) is 25.2 Å². The Hall–Kier alpha value is -3.43. The summed E-state index contributed by atoms with van der Waals surface area (Å²) in [6, 6.07) is 13.8. The number of fused-ring (bicyclic) bond motifs is 2. The number of hydrogen-bond acceptors (Lipinski definition) is 7. The normalized spacial score (nSPS) is 13.4. The fraction of sp³-hybridized carbons (Fsp3) is 0.208. The first-order valence-corrected chi connectivity index (χ1v) is 12.4. The number of nitrogens with one attached hydrogen (secondary N) is 1. The average Bonchev–Trinajstić information content (AvgIpc) is 3.26. The Morgan fingerprint density at radius 1 is 1.21 bits per heavy atom. The number of hydrogen-bond donors (Lipinski definition) is 1. The van der Waals surface area contributed by atoms with E-state index in [2.05, 4.69) is 14.6 Å². The molecule has 2 aromatic heterocycles. The lowest BCUT2D eigenvalue weighted by Gasteiger charge is -2.28. The first-order chi connectivity index (χ1) is 16.3. The predicted molar refractivity (Wildman–Crippen MR) is 131 cm³/mol. The molecule has 4 aromatic rings. The highest BCUT2D eigenvalue weighted by molar-refractivity contribution is 7.92. The Balaban J connectivity index is 1.45. The Morgan fingerprint density at radius 2 is 2.06 bits per heavy atom. The highest BCUT2D eigenvalue weighted by atomic mass is 35.5. The number of likely N-dealkylation sites (N-methyl/N-ethyl adjacent to an activating group) is 1. The molecule has 0 amide bonds. The van der Waals surface area contributed by atoms with Crippen molar-refractivity contribution < 1.29 is 22.3 Å². The van der Waals surface area contributed by atoms with Gasteiger partial charge in [-0.05, 0) is 42.3 Å². The van der Waals surface area contributed by atoms with E-state index >= 15 is 0 Å². The van der Waals surface area contributed by atoms with Crippen LogP contribution in [-0.4, -0.2) is 33.6 Å². The second kappa shape index (κ2) is 8.73. The Bertz CT molecular complexity index is 1490. The van der Waals surface area contributed by atoms with Gasteiger partial charge < -0.3 is 18.8 Å². The van der Waals surface area contributed by atoms with Gasteiger partial charge in [-0.3, -0.25) is 4.72 Å². The van der Waals surface area contributed by atoms with E-state index in [0.717, 1.165) is 23.5 Å². The Morgan fingerprint density at radius 3 is 2.91 bits per heavy atom. The van der Waals surface area contributed by atoms with Gasteiger partial charge in [0.05, 0.1) is 23.4 Å². The van der Waals surface area contributed by atoms with Gasteiger partial charge in [-0.25, -0.2) is 13.4 Å². The first kappa shape index (κ1) is 22.4. The van der Waals surface area contributed by atoms with Crippen LogP contribution in [-0.2, 0) is 16.6 Å². The number of furan rings is 1. The van der Waals surface area contributed by atoms with Crippen molar-refractivity contribution in [3.63, 3.8) is 0 Å². The molecule has 0 spiro atoms. The SMILES string of the molecule is Cc1c(Cl)cccc1S(=O)(=O)Nc1nc2ccoc2cc1OCc1ccc2c(c1)OCCN2C. The van der Waals surface area contributed by atoms with Crippen molar-refractivity contribution in [1.29, 1.82) is 0 Å². The molecule has 8 nitrogen and oxygen atoms in total. The van der Waals surface area contributed by atoms with Crippen molar-refractivity contribution in [2.24, 2.45) is 0 Å². The number of rotatable bonds is 6. The molecule has 1 N–H and O–H groups in total. The molecule has 0 fully saturated rings. The number of halogens is 1. The lowest BCUT2D eigenvalue weighted by molar-refractivity contribution is 0.298. The summed E-state index contributed by atoms with van der Waals surface area (Å²) in [6.07, 6.45) is 1.48. The molecule has 1 aliphatic heterocycles. The second-order valence-corrected chi connectivity index (χ2v) is 10.0. The topological polar surface area (TPSA) is 93.9 Å². The Kier molecular flexibility index (Phi) is 5.75. The number of sulfonamides is 1. The number of aromatic nitrogens is 1. The molecular weight excluding hydrogens is 478 g/mol. The molecule has 0 aliphatic carbocycles. The quantitative estimate of drug-likeness (QED) is 0.399. The van der Waals surface area contributed by atoms with E-state index in [-0.39, 0.29) is 23.1 Å². The largest absolute Gasteiger partial charge is 0.490 e. The number of pyridine rings is 1. The summed E-state index contributed by atoms with van der Waals surface area (Å²) in [6.45, 7) is 3.27. The molecule has 2 aromatic carbocycles. The molecule has 0 radical (unpaired) electrons. The van der Waals surface area contributed by atoms with Crippen LogP contribution >= 0.6 is 11.6 Å². The van der Waals surface area contributed by atoms with E-state index in [9.17, 15) is 8.42 Å². The van der Waals surface area contributed by atoms with Crippen molar-refractivity contribution in [1.82, 2.24) is 4.98 Å². The number of nitrogens with zero attached hydrogens (tertiary/aromatic N) is 2. The summed E-state index contributed by atoms with van der Waals surface area (Å²) in [7, 11) is -1.96. The van der Waals surface area contributed by atoms with Crippen LogP contribution in [0.3, 0.4) is 0 Å². The van der Waals surface area contributed by atoms with Crippen LogP contribution in [0.4, 0.5) is 11.5 Å². The predicted octanol–water partition coefficient (Wildman–Crippen LogP) is 5.00. The molecule has 0 atom stereocenters. The molecule has 0 saturated carbocycles. The smallest absolute Gasteiger partial charge is 0.263 e. The monoisotopic (exact) mass is 499 g/mol. The average molecular weight is 500 g/mol. The van der Waals surface area contributed by atoms with Gasteiger partial charge in [0.2, 0.25) is 0 Å². The maximum Gasteiger partial charge on any atom is 0.263 e. The molecule has 10 heteroatoms. The van der Waals surface area contributed by atoms with Crippen LogP contribution in [0.1, 0.15) is 11.1 Å². The zero-order valence-electron chi connectivity index (χ0n) is 18.5. The summed E-state index contributed by atoms with van der Waals surface area (Å²) < 4.78 is 46.1. The van der Waals surface area contributed by atoms with Gasteiger partial charge in [-0.1, -0.05) is 23.7 Å². The fourth-order valence-electron chi connectivity index (χ4n) is 3.78. The van der Waals surface area contributed by atoms with Crippen molar-refractivity contribution in [2.75, 3.05) is 29.8 Å². The standard InChI is InChI=1S/C24H22ClN3O5S/c1-15-17(25)4-3-5-23(15)34(29,30)27-24-22(13-20-18(26-24)8-10-31-20)33-14-16-6-7-19-21(12-16)32-11-9-28(19)2/h3-8,10,12-13H,9,11,14H2,1-2H3,(H,26,27). The summed E-state index contributed by atoms with van der Waals surface area (Å²) in [4.78, 5) is 6.61. The Labute approximate surface area is 202 Å². The van der Waals surface area contributed by atoms with Crippen LogP contribution in [0.15, 0.2) is 64.1 Å². The zero-order valence-corrected chi connectivity index (χ0v) is 20.1. The second-order valence-electron chi connectivity index (χ2n) is 7.97. The third-order valence-corrected chi connectivity index (χ3v) is 7.55. The first-order valence-electron chi connectivity index (χ1n) is 10.6. The lowest BCUT2D eigenvalue weighted by Crippen LogP contribution is -2.28. The number of anilines is 2. The summed E-state index contributed by atoms with van der Waals surface area (Å²) in [5.74, 6) is 1.08. The maximum absolute atomic E-state index is 13.2. The van der Waals surface area contributed by atoms with Gasteiger partial charge >= 0.3 is 0 Å². The van der Waals surface area contributed by atoms with Gasteiger partial charge in [-0.15, -0.1) is 0 Å². The van der Waals surface area contributed by atoms with Gasteiger partial charge in [0.25, 0.3) is 10.0 Å². The summed E-state index contributed by atoms with van der Waals surface area (Å²) in [5, 5.41) is 0.359. The van der Waals surface area contributed by atoms with E-state index in [4.69, 9.17) is 25.5 Å². The number of ether oxygens (including phenoxy) is 2. The van der Waals surface area contributed by atoms with E-state index in [1.165, 1.54) is 12.3 Å². The van der Waals surface area contributed by atoms with E-state index in [0.29, 0.717) is 28.3 Å². The molecule has 0 unspecified atom stereocenters. The lowest BCUT2D eigenvalue weighted by atomic mass is 10.1. The van der Waals surface area contributed by atoms with Crippen LogP contribution in [0.2, 0.25) is 5.02 Å². The molecular formula is C24H22ClN3O5S. The molecule has 0 bridgehead atoms. The highest BCUT2D eigenvalue weighted by Crippen LogP contribution is 2.34. The minimum absolute atomic E-state index is 0.0576. The minimum atomic E-state index is -3.97. The van der Waals surface area contributed by atoms with Crippen LogP contribution < -0.4 is 19.1 Å². The molecule has 1 aliphatic rings. The zero-order chi connectivity index (χ0) is 23.9. The van der Waals surface area contributed by atoms with E-state index < -0.39 is 10.0 Å². The number of benzene rings is 2. The van der Waals surface area contributed by atoms with Crippen LogP contribution in [0.25, 0.3) is 11.1 Å². The van der Waals surface area contributed by atoms with Gasteiger partial charge in [0.15, 0.2) is 17.2 Å². The van der Waals surface area contributed by atoms with Crippen LogP contribution in [0.5, 0.6) is 11.5 Å². The van der Waals surface area contributed by atoms with Gasteiger partial charge in [0, 0.05) is 24.2 Å². The van der Waals surface area contributed by atoms with Gasteiger partial charge in [0.1, 0.15) is 24.5 Å². The van der Waals surface area contributed by atoms with Crippen molar-refractivity contribution in [3.05, 3.63) is 70.9 Å². The molecule has 5 rings (SSSR count). The molecule has 0 saturated heterocycles. The molecule has 176 valence electrons. The fourth-order valence-corrected chi connectivity index (χ4v) is 5.29. The summed E-state index contributed by atoms with van der Waals surface area (Å²) >= 11 is 6.14.